The largest absolute Gasteiger partial charge is 0.490 e. The van der Waals surface area contributed by atoms with Crippen LogP contribution >= 0.6 is 39.1 Å². The molecule has 0 heterocycles. The van der Waals surface area contributed by atoms with E-state index >= 15 is 0 Å². The molecule has 0 bridgehead atoms. The molecule has 0 N–H and O–H groups in total. The van der Waals surface area contributed by atoms with Crippen molar-refractivity contribution in [3.63, 3.8) is 0 Å². The number of ether oxygens (including phenoxy) is 3. The summed E-state index contributed by atoms with van der Waals surface area (Å²) in [5, 5.41) is 0.877. The van der Waals surface area contributed by atoms with Gasteiger partial charge in [0.1, 0.15) is 18.1 Å². The molecule has 7 heteroatoms. The lowest BCUT2D eigenvalue weighted by Crippen LogP contribution is -2.09. The van der Waals surface area contributed by atoms with Crippen LogP contribution in [0.2, 0.25) is 10.0 Å². The molecule has 0 unspecified atom stereocenters. The molecule has 0 fully saturated rings. The first-order chi connectivity index (χ1) is 11.4. The Hall–Kier alpha value is -1.27. The number of methoxy groups -OCH3 is 1. The summed E-state index contributed by atoms with van der Waals surface area (Å²) in [6.45, 7) is 2.68. The van der Waals surface area contributed by atoms with E-state index in [1.165, 1.54) is 0 Å². The zero-order valence-electron chi connectivity index (χ0n) is 13.1. The van der Waals surface area contributed by atoms with Gasteiger partial charge in [-0.15, -0.1) is 0 Å². The molecular weight excluding hydrogens is 419 g/mol. The zero-order chi connectivity index (χ0) is 17.7. The fraction of sp³-hybridized carbons (Fsp3) is 0.235. The van der Waals surface area contributed by atoms with Crippen molar-refractivity contribution in [2.75, 3.05) is 20.3 Å². The molecule has 0 aliphatic rings. The van der Waals surface area contributed by atoms with Crippen molar-refractivity contribution in [2.45, 2.75) is 6.92 Å². The number of carbonyl (C=O) groups excluding carboxylic acids is 1. The third-order valence-corrected chi connectivity index (χ3v) is 4.58. The van der Waals surface area contributed by atoms with Crippen LogP contribution in [0.25, 0.3) is 0 Å². The topological polar surface area (TPSA) is 44.8 Å². The summed E-state index contributed by atoms with van der Waals surface area (Å²) >= 11 is 15.5. The van der Waals surface area contributed by atoms with E-state index in [1.54, 1.807) is 44.4 Å². The molecule has 0 saturated carbocycles. The zero-order valence-corrected chi connectivity index (χ0v) is 16.2. The van der Waals surface area contributed by atoms with Crippen LogP contribution in [-0.4, -0.2) is 26.3 Å². The highest BCUT2D eigenvalue weighted by Gasteiger charge is 2.13. The van der Waals surface area contributed by atoms with E-state index in [9.17, 15) is 4.79 Å². The van der Waals surface area contributed by atoms with Crippen LogP contribution in [-0.2, 0) is 4.74 Å². The van der Waals surface area contributed by atoms with Gasteiger partial charge in [-0.05, 0) is 58.7 Å². The quantitative estimate of drug-likeness (QED) is 0.351. The van der Waals surface area contributed by atoms with Gasteiger partial charge in [-0.25, -0.2) is 4.79 Å². The third-order valence-electron chi connectivity index (χ3n) is 3.18. The molecule has 0 spiro atoms. The molecule has 0 aliphatic heterocycles. The predicted octanol–water partition coefficient (Wildman–Crippen LogP) is 5.31. The van der Waals surface area contributed by atoms with E-state index in [0.717, 1.165) is 5.56 Å². The fourth-order valence-corrected chi connectivity index (χ4v) is 2.79. The van der Waals surface area contributed by atoms with Crippen LogP contribution in [0, 0.1) is 6.92 Å². The molecule has 2 rings (SSSR count). The molecule has 0 amide bonds. The van der Waals surface area contributed by atoms with E-state index < -0.39 is 5.97 Å². The van der Waals surface area contributed by atoms with E-state index in [0.29, 0.717) is 39.0 Å². The summed E-state index contributed by atoms with van der Waals surface area (Å²) in [5.74, 6) is 0.386. The Morgan fingerprint density at radius 3 is 2.38 bits per heavy atom. The third kappa shape index (κ3) is 4.86. The molecule has 2 aromatic rings. The second-order valence-electron chi connectivity index (χ2n) is 4.89. The van der Waals surface area contributed by atoms with Crippen LogP contribution in [0.1, 0.15) is 15.9 Å². The summed E-state index contributed by atoms with van der Waals surface area (Å²) < 4.78 is 16.4. The van der Waals surface area contributed by atoms with E-state index in [4.69, 9.17) is 37.4 Å². The molecule has 24 heavy (non-hydrogen) atoms. The van der Waals surface area contributed by atoms with E-state index in [1.807, 2.05) is 0 Å². The van der Waals surface area contributed by atoms with Gasteiger partial charge in [0, 0.05) is 17.2 Å². The number of hydrogen-bond acceptors (Lipinski definition) is 4. The summed E-state index contributed by atoms with van der Waals surface area (Å²) in [7, 11) is 1.60. The van der Waals surface area contributed by atoms with Crippen molar-refractivity contribution in [3.8, 4) is 11.5 Å². The summed E-state index contributed by atoms with van der Waals surface area (Å²) in [5.41, 5.74) is 1.10. The fourth-order valence-electron chi connectivity index (χ4n) is 1.83. The maximum absolute atomic E-state index is 12.3. The van der Waals surface area contributed by atoms with Gasteiger partial charge in [0.15, 0.2) is 0 Å². The first kappa shape index (κ1) is 19.1. The lowest BCUT2D eigenvalue weighted by molar-refractivity contribution is 0.0734. The number of carbonyl (C=O) groups is 1. The highest BCUT2D eigenvalue weighted by molar-refractivity contribution is 9.10. The number of benzene rings is 2. The van der Waals surface area contributed by atoms with Crippen molar-refractivity contribution in [3.05, 3.63) is 56.0 Å². The Morgan fingerprint density at radius 1 is 1.12 bits per heavy atom. The van der Waals surface area contributed by atoms with Gasteiger partial charge in [-0.3, -0.25) is 0 Å². The highest BCUT2D eigenvalue weighted by atomic mass is 79.9. The Kier molecular flexibility index (Phi) is 6.92. The number of halogens is 3. The Balaban J connectivity index is 2.11. The van der Waals surface area contributed by atoms with Crippen molar-refractivity contribution >= 4 is 45.1 Å². The van der Waals surface area contributed by atoms with Crippen molar-refractivity contribution < 1.29 is 19.0 Å². The lowest BCUT2D eigenvalue weighted by atomic mass is 10.2. The normalized spacial score (nSPS) is 10.5. The van der Waals surface area contributed by atoms with Gasteiger partial charge in [-0.1, -0.05) is 23.2 Å². The van der Waals surface area contributed by atoms with E-state index in [2.05, 4.69) is 15.9 Å². The molecule has 0 atom stereocenters. The van der Waals surface area contributed by atoms with Crippen molar-refractivity contribution in [1.29, 1.82) is 0 Å². The molecule has 0 aromatic heterocycles. The Labute approximate surface area is 158 Å². The van der Waals surface area contributed by atoms with Crippen LogP contribution in [0.4, 0.5) is 0 Å². The standard InChI is InChI=1S/C17H15BrCl2O4/c1-10-14(19)8-12(9-15(10)20)24-17(21)11-3-4-16(13(18)7-11)23-6-5-22-2/h3-4,7-9H,5-6H2,1-2H3. The average Bonchev–Trinajstić information content (AvgIpc) is 2.54. The number of hydrogen-bond donors (Lipinski definition) is 0. The maximum atomic E-state index is 12.3. The van der Waals surface area contributed by atoms with Crippen LogP contribution in [0.5, 0.6) is 11.5 Å². The van der Waals surface area contributed by atoms with Gasteiger partial charge in [0.05, 0.1) is 16.6 Å². The molecule has 0 radical (unpaired) electrons. The average molecular weight is 434 g/mol. The van der Waals surface area contributed by atoms with Crippen molar-refractivity contribution in [1.82, 2.24) is 0 Å². The minimum atomic E-state index is -0.518. The monoisotopic (exact) mass is 432 g/mol. The number of rotatable bonds is 6. The Bertz CT molecular complexity index is 726. The van der Waals surface area contributed by atoms with Gasteiger partial charge in [0.2, 0.25) is 0 Å². The Morgan fingerprint density at radius 2 is 1.79 bits per heavy atom. The maximum Gasteiger partial charge on any atom is 0.343 e. The second kappa shape index (κ2) is 8.72. The smallest absolute Gasteiger partial charge is 0.343 e. The first-order valence-corrected chi connectivity index (χ1v) is 8.56. The summed E-state index contributed by atoms with van der Waals surface area (Å²) in [6.07, 6.45) is 0. The van der Waals surface area contributed by atoms with Crippen LogP contribution < -0.4 is 9.47 Å². The molecular formula is C17H15BrCl2O4. The van der Waals surface area contributed by atoms with Gasteiger partial charge < -0.3 is 14.2 Å². The molecule has 2 aromatic carbocycles. The summed E-state index contributed by atoms with van der Waals surface area (Å²) in [6, 6.07) is 8.04. The molecule has 0 saturated heterocycles. The minimum absolute atomic E-state index is 0.289. The predicted molar refractivity (Wildman–Crippen MR) is 97.7 cm³/mol. The SMILES string of the molecule is COCCOc1ccc(C(=O)Oc2cc(Cl)c(C)c(Cl)c2)cc1Br. The lowest BCUT2D eigenvalue weighted by Gasteiger charge is -2.10. The van der Waals surface area contributed by atoms with Crippen LogP contribution in [0.3, 0.4) is 0 Å². The highest BCUT2D eigenvalue weighted by Crippen LogP contribution is 2.30. The molecule has 0 aliphatic carbocycles. The first-order valence-electron chi connectivity index (χ1n) is 7.01. The second-order valence-corrected chi connectivity index (χ2v) is 6.56. The van der Waals surface area contributed by atoms with Crippen LogP contribution in [0.15, 0.2) is 34.8 Å². The van der Waals surface area contributed by atoms with Crippen molar-refractivity contribution in [2.24, 2.45) is 0 Å². The molecule has 128 valence electrons. The van der Waals surface area contributed by atoms with Gasteiger partial charge in [0.25, 0.3) is 0 Å². The summed E-state index contributed by atoms with van der Waals surface area (Å²) in [4.78, 5) is 12.3. The minimum Gasteiger partial charge on any atom is -0.490 e. The number of esters is 1. The van der Waals surface area contributed by atoms with Gasteiger partial charge >= 0.3 is 5.97 Å². The van der Waals surface area contributed by atoms with Gasteiger partial charge in [-0.2, -0.15) is 0 Å². The molecule has 4 nitrogen and oxygen atoms in total. The van der Waals surface area contributed by atoms with E-state index in [-0.39, 0.29) is 5.75 Å².